The second kappa shape index (κ2) is 9.88. The van der Waals surface area contributed by atoms with E-state index in [4.69, 9.17) is 11.6 Å². The highest BCUT2D eigenvalue weighted by atomic mass is 35.5. The van der Waals surface area contributed by atoms with Gasteiger partial charge in [-0.2, -0.15) is 13.2 Å². The third kappa shape index (κ3) is 6.34. The Labute approximate surface area is 187 Å². The lowest BCUT2D eigenvalue weighted by atomic mass is 10.2. The summed E-state index contributed by atoms with van der Waals surface area (Å²) in [6.45, 7) is 3.83. The van der Waals surface area contributed by atoms with Crippen LogP contribution >= 0.6 is 22.9 Å². The second-order valence-corrected chi connectivity index (χ2v) is 8.58. The molecule has 3 amide bonds. The molecule has 1 aromatic heterocycles. The maximum Gasteiger partial charge on any atom is 0.417 e. The van der Waals surface area contributed by atoms with Crippen LogP contribution in [-0.4, -0.2) is 54.5 Å². The van der Waals surface area contributed by atoms with Gasteiger partial charge < -0.3 is 15.5 Å². The van der Waals surface area contributed by atoms with E-state index in [2.05, 4.69) is 10.6 Å². The number of hydrogen-bond donors (Lipinski definition) is 2. The molecule has 0 aliphatic carbocycles. The van der Waals surface area contributed by atoms with E-state index in [9.17, 15) is 22.8 Å². The normalized spacial score (nSPS) is 16.1. The third-order valence-electron chi connectivity index (χ3n) is 4.89. The Hall–Kier alpha value is -2.30. The molecule has 0 radical (unpaired) electrons. The van der Waals surface area contributed by atoms with Gasteiger partial charge in [-0.25, -0.2) is 4.79 Å². The lowest BCUT2D eigenvalue weighted by Crippen LogP contribution is -2.53. The first-order valence-corrected chi connectivity index (χ1v) is 10.9. The quantitative estimate of drug-likeness (QED) is 0.673. The van der Waals surface area contributed by atoms with Gasteiger partial charge in [0.1, 0.15) is 0 Å². The lowest BCUT2D eigenvalue weighted by molar-refractivity contribution is -0.137. The van der Waals surface area contributed by atoms with Crippen LogP contribution in [-0.2, 0) is 11.0 Å². The van der Waals surface area contributed by atoms with Gasteiger partial charge >= 0.3 is 12.2 Å². The number of nitrogens with one attached hydrogen (secondary N) is 2. The van der Waals surface area contributed by atoms with E-state index in [1.54, 1.807) is 16.2 Å². The van der Waals surface area contributed by atoms with E-state index in [0.29, 0.717) is 26.2 Å². The Bertz CT molecular complexity index is 916. The molecule has 1 aliphatic heterocycles. The highest BCUT2D eigenvalue weighted by Gasteiger charge is 2.33. The summed E-state index contributed by atoms with van der Waals surface area (Å²) in [6, 6.07) is 6.90. The summed E-state index contributed by atoms with van der Waals surface area (Å²) in [5, 5.41) is 6.96. The number of carbonyl (C=O) groups excluding carboxylic acids is 2. The van der Waals surface area contributed by atoms with Crippen molar-refractivity contribution in [2.24, 2.45) is 0 Å². The Morgan fingerprint density at radius 3 is 2.52 bits per heavy atom. The first-order chi connectivity index (χ1) is 14.6. The molecule has 2 N–H and O–H groups in total. The highest BCUT2D eigenvalue weighted by Crippen LogP contribution is 2.36. The van der Waals surface area contributed by atoms with Crippen LogP contribution in [0, 0.1) is 0 Å². The topological polar surface area (TPSA) is 64.7 Å². The first kappa shape index (κ1) is 23.4. The Morgan fingerprint density at radius 1 is 1.19 bits per heavy atom. The van der Waals surface area contributed by atoms with Crippen molar-refractivity contribution in [1.29, 1.82) is 0 Å². The number of halogens is 4. The van der Waals surface area contributed by atoms with Crippen molar-refractivity contribution in [1.82, 2.24) is 15.1 Å². The number of amides is 3. The fourth-order valence-electron chi connectivity index (χ4n) is 3.22. The molecule has 0 spiro atoms. The average molecular weight is 475 g/mol. The minimum atomic E-state index is -4.60. The zero-order valence-electron chi connectivity index (χ0n) is 16.7. The maximum atomic E-state index is 13.0. The van der Waals surface area contributed by atoms with Crippen LogP contribution in [0.3, 0.4) is 0 Å². The molecule has 2 aromatic rings. The van der Waals surface area contributed by atoms with E-state index < -0.39 is 22.7 Å². The molecule has 11 heteroatoms. The van der Waals surface area contributed by atoms with Crippen molar-refractivity contribution in [3.63, 3.8) is 0 Å². The van der Waals surface area contributed by atoms with Gasteiger partial charge in [0.05, 0.1) is 23.2 Å². The number of nitrogens with zero attached hydrogens (tertiary/aromatic N) is 2. The summed E-state index contributed by atoms with van der Waals surface area (Å²) in [5.41, 5.74) is -0.967. The first-order valence-electron chi connectivity index (χ1n) is 9.61. The number of urea groups is 1. The molecule has 3 rings (SSSR count). The molecule has 1 aliphatic rings. The minimum absolute atomic E-state index is 0.0189. The van der Waals surface area contributed by atoms with Crippen molar-refractivity contribution in [3.8, 4) is 0 Å². The number of thiophene rings is 1. The molecule has 0 saturated carbocycles. The predicted molar refractivity (Wildman–Crippen MR) is 114 cm³/mol. The van der Waals surface area contributed by atoms with Crippen LogP contribution in [0.5, 0.6) is 0 Å². The molecule has 168 valence electrons. The summed E-state index contributed by atoms with van der Waals surface area (Å²) >= 11 is 7.17. The highest BCUT2D eigenvalue weighted by molar-refractivity contribution is 7.10. The van der Waals surface area contributed by atoms with Crippen LogP contribution < -0.4 is 10.6 Å². The predicted octanol–water partition coefficient (Wildman–Crippen LogP) is 4.45. The van der Waals surface area contributed by atoms with Gasteiger partial charge in [-0.15, -0.1) is 11.3 Å². The molecular weight excluding hydrogens is 453 g/mol. The van der Waals surface area contributed by atoms with Crippen molar-refractivity contribution >= 4 is 40.6 Å². The van der Waals surface area contributed by atoms with Crippen molar-refractivity contribution in [2.45, 2.75) is 19.1 Å². The monoisotopic (exact) mass is 474 g/mol. The molecule has 1 saturated heterocycles. The van der Waals surface area contributed by atoms with E-state index in [1.165, 1.54) is 6.07 Å². The second-order valence-electron chi connectivity index (χ2n) is 7.19. The number of carbonyl (C=O) groups is 2. The number of piperazine rings is 1. The SMILES string of the molecule is CC(NC(=O)N1CCN(CC(=O)Nc2ccc(Cl)c(C(F)(F)F)c2)CC1)c1cccs1. The van der Waals surface area contributed by atoms with Crippen LogP contribution in [0.15, 0.2) is 35.7 Å². The molecule has 6 nitrogen and oxygen atoms in total. The Morgan fingerprint density at radius 2 is 1.90 bits per heavy atom. The van der Waals surface area contributed by atoms with Gasteiger partial charge in [0, 0.05) is 36.7 Å². The number of benzene rings is 1. The number of alkyl halides is 3. The largest absolute Gasteiger partial charge is 0.417 e. The Balaban J connectivity index is 1.46. The fourth-order valence-corrected chi connectivity index (χ4v) is 4.18. The molecule has 2 heterocycles. The zero-order valence-corrected chi connectivity index (χ0v) is 18.3. The van der Waals surface area contributed by atoms with Crippen molar-refractivity contribution < 1.29 is 22.8 Å². The summed E-state index contributed by atoms with van der Waals surface area (Å²) < 4.78 is 38.9. The molecule has 1 fully saturated rings. The number of hydrogen-bond acceptors (Lipinski definition) is 4. The van der Waals surface area contributed by atoms with Crippen LogP contribution in [0.2, 0.25) is 5.02 Å². The number of anilines is 1. The van der Waals surface area contributed by atoms with Crippen molar-refractivity contribution in [3.05, 3.63) is 51.2 Å². The van der Waals surface area contributed by atoms with E-state index in [1.807, 2.05) is 29.3 Å². The summed E-state index contributed by atoms with van der Waals surface area (Å²) in [7, 11) is 0. The Kier molecular flexibility index (Phi) is 7.45. The molecular formula is C20H22ClF3N4O2S. The maximum absolute atomic E-state index is 13.0. The van der Waals surface area contributed by atoms with Crippen LogP contribution in [0.25, 0.3) is 0 Å². The average Bonchev–Trinajstić information content (AvgIpc) is 3.24. The van der Waals surface area contributed by atoms with Gasteiger partial charge in [0.2, 0.25) is 5.91 Å². The summed E-state index contributed by atoms with van der Waals surface area (Å²) in [4.78, 5) is 29.3. The van der Waals surface area contributed by atoms with Gasteiger partial charge in [-0.3, -0.25) is 9.69 Å². The number of rotatable bonds is 5. The smallest absolute Gasteiger partial charge is 0.331 e. The van der Waals surface area contributed by atoms with Crippen LogP contribution in [0.1, 0.15) is 23.4 Å². The fraction of sp³-hybridized carbons (Fsp3) is 0.400. The zero-order chi connectivity index (χ0) is 22.6. The van der Waals surface area contributed by atoms with Gasteiger partial charge in [-0.05, 0) is 36.6 Å². The molecule has 0 bridgehead atoms. The van der Waals surface area contributed by atoms with Gasteiger partial charge in [0.25, 0.3) is 0 Å². The van der Waals surface area contributed by atoms with E-state index >= 15 is 0 Å². The van der Waals surface area contributed by atoms with Gasteiger partial charge in [-0.1, -0.05) is 17.7 Å². The van der Waals surface area contributed by atoms with Crippen LogP contribution in [0.4, 0.5) is 23.7 Å². The molecule has 1 unspecified atom stereocenters. The standard InChI is InChI=1S/C20H22ClF3N4O2S/c1-13(17-3-2-10-31-17)25-19(30)28-8-6-27(7-9-28)12-18(29)26-14-4-5-16(21)15(11-14)20(22,23)24/h2-5,10-11,13H,6-9,12H2,1H3,(H,25,30)(H,26,29). The molecule has 31 heavy (non-hydrogen) atoms. The third-order valence-corrected chi connectivity index (χ3v) is 6.28. The minimum Gasteiger partial charge on any atom is -0.331 e. The van der Waals surface area contributed by atoms with Crippen molar-refractivity contribution in [2.75, 3.05) is 38.0 Å². The van der Waals surface area contributed by atoms with E-state index in [0.717, 1.165) is 17.0 Å². The summed E-state index contributed by atoms with van der Waals surface area (Å²) in [6.07, 6.45) is -4.60. The molecule has 1 aromatic carbocycles. The van der Waals surface area contributed by atoms with E-state index in [-0.39, 0.29) is 24.3 Å². The van der Waals surface area contributed by atoms with Gasteiger partial charge in [0.15, 0.2) is 0 Å². The molecule has 1 atom stereocenters. The summed E-state index contributed by atoms with van der Waals surface area (Å²) in [5.74, 6) is -0.431. The lowest BCUT2D eigenvalue weighted by Gasteiger charge is -2.34.